The van der Waals surface area contributed by atoms with E-state index in [0.717, 1.165) is 0 Å². The molecule has 8 nitrogen and oxygen atoms in total. The molecule has 0 saturated heterocycles. The van der Waals surface area contributed by atoms with Crippen LogP contribution in [-0.2, 0) is 0 Å². The van der Waals surface area contributed by atoms with Crippen molar-refractivity contribution in [1.82, 2.24) is 0 Å². The van der Waals surface area contributed by atoms with Crippen molar-refractivity contribution in [3.63, 3.8) is 0 Å². The number of rotatable bonds is 1. The van der Waals surface area contributed by atoms with Crippen LogP contribution in [0.4, 0.5) is 5.69 Å². The van der Waals surface area contributed by atoms with Gasteiger partial charge in [0.05, 0.1) is 16.6 Å². The summed E-state index contributed by atoms with van der Waals surface area (Å²) in [6.45, 7) is 1.64. The zero-order chi connectivity index (χ0) is 12.7. The summed E-state index contributed by atoms with van der Waals surface area (Å²) in [7, 11) is 0. The molecule has 0 aliphatic carbocycles. The normalized spacial score (nSPS) is 8.25. The molecule has 1 aromatic carbocycles. The van der Waals surface area contributed by atoms with Crippen molar-refractivity contribution in [2.75, 3.05) is 0 Å². The van der Waals surface area contributed by atoms with Gasteiger partial charge in [0, 0.05) is 11.6 Å². The van der Waals surface area contributed by atoms with Crippen molar-refractivity contribution in [2.45, 2.75) is 6.92 Å². The lowest BCUT2D eigenvalue weighted by molar-refractivity contribution is -0.742. The first-order chi connectivity index (χ1) is 7.38. The van der Waals surface area contributed by atoms with E-state index in [2.05, 4.69) is 0 Å². The highest BCUT2D eigenvalue weighted by atomic mass is 16.9. The van der Waals surface area contributed by atoms with Gasteiger partial charge in [0.2, 0.25) is 0 Å². The first kappa shape index (κ1) is 13.3. The molecule has 16 heavy (non-hydrogen) atoms. The highest BCUT2D eigenvalue weighted by molar-refractivity contribution is 5.46. The van der Waals surface area contributed by atoms with Gasteiger partial charge in [-0.2, -0.15) is 5.26 Å². The van der Waals surface area contributed by atoms with E-state index >= 15 is 0 Å². The number of nitro groups is 1. The van der Waals surface area contributed by atoms with E-state index in [1.54, 1.807) is 19.1 Å². The summed E-state index contributed by atoms with van der Waals surface area (Å²) in [5.41, 5.74) is 0.875. The fourth-order valence-corrected chi connectivity index (χ4v) is 0.876. The average Bonchev–Trinajstić information content (AvgIpc) is 2.17. The quantitative estimate of drug-likeness (QED) is 0.568. The Morgan fingerprint density at radius 2 is 1.88 bits per heavy atom. The van der Waals surface area contributed by atoms with Crippen LogP contribution in [0, 0.1) is 38.5 Å². The molecule has 0 saturated carbocycles. The van der Waals surface area contributed by atoms with Crippen LogP contribution in [0.3, 0.4) is 0 Å². The van der Waals surface area contributed by atoms with Crippen LogP contribution < -0.4 is 0 Å². The van der Waals surface area contributed by atoms with Crippen LogP contribution in [0.1, 0.15) is 11.1 Å². The second-order valence-electron chi connectivity index (χ2n) is 2.61. The standard InChI is InChI=1S/C8H6N2O2.HNO3/c1-6-2-3-7(5-9)4-8(6)10(11)12;2-1(3)4/h2-4H,1H3;(H,2,3,4). The number of nitrogens with zero attached hydrogens (tertiary/aromatic N) is 3. The topological polar surface area (TPSA) is 130 Å². The fourth-order valence-electron chi connectivity index (χ4n) is 0.876. The predicted molar refractivity (Wildman–Crippen MR) is 51.3 cm³/mol. The highest BCUT2D eigenvalue weighted by Gasteiger charge is 2.09. The van der Waals surface area contributed by atoms with Gasteiger partial charge in [-0.05, 0) is 13.0 Å². The molecule has 0 atom stereocenters. The summed E-state index contributed by atoms with van der Waals surface area (Å²) < 4.78 is 0. The molecule has 0 aliphatic rings. The van der Waals surface area contributed by atoms with E-state index in [1.165, 1.54) is 6.07 Å². The van der Waals surface area contributed by atoms with Crippen molar-refractivity contribution in [2.24, 2.45) is 0 Å². The van der Waals surface area contributed by atoms with Gasteiger partial charge < -0.3 is 5.21 Å². The molecule has 8 heteroatoms. The summed E-state index contributed by atoms with van der Waals surface area (Å²) in [5, 5.41) is 32.5. The zero-order valence-corrected chi connectivity index (χ0v) is 8.15. The highest BCUT2D eigenvalue weighted by Crippen LogP contribution is 2.18. The van der Waals surface area contributed by atoms with Crippen LogP contribution in [0.15, 0.2) is 18.2 Å². The Kier molecular flexibility index (Phi) is 4.92. The first-order valence-corrected chi connectivity index (χ1v) is 3.87. The first-order valence-electron chi connectivity index (χ1n) is 3.87. The molecule has 84 valence electrons. The zero-order valence-electron chi connectivity index (χ0n) is 8.15. The number of hydrogen-bond donors (Lipinski definition) is 1. The minimum Gasteiger partial charge on any atom is -0.328 e. The third-order valence-corrected chi connectivity index (χ3v) is 1.53. The third kappa shape index (κ3) is 4.52. The van der Waals surface area contributed by atoms with Crippen LogP contribution >= 0.6 is 0 Å². The molecule has 0 spiro atoms. The monoisotopic (exact) mass is 225 g/mol. The van der Waals surface area contributed by atoms with Crippen molar-refractivity contribution >= 4 is 5.69 Å². The van der Waals surface area contributed by atoms with E-state index in [4.69, 9.17) is 20.6 Å². The maximum absolute atomic E-state index is 10.4. The molecule has 0 heterocycles. The van der Waals surface area contributed by atoms with Gasteiger partial charge in [-0.25, -0.2) is 0 Å². The predicted octanol–water partition coefficient (Wildman–Crippen LogP) is 1.43. The van der Waals surface area contributed by atoms with Crippen LogP contribution in [0.2, 0.25) is 0 Å². The smallest absolute Gasteiger partial charge is 0.291 e. The van der Waals surface area contributed by atoms with Gasteiger partial charge in [-0.15, -0.1) is 10.1 Å². The molecule has 0 radical (unpaired) electrons. The number of nitriles is 1. The van der Waals surface area contributed by atoms with E-state index in [-0.39, 0.29) is 5.69 Å². The lowest BCUT2D eigenvalue weighted by atomic mass is 10.1. The molecule has 0 unspecified atom stereocenters. The largest absolute Gasteiger partial charge is 0.328 e. The maximum Gasteiger partial charge on any atom is 0.291 e. The minimum atomic E-state index is -1.50. The molecule has 0 fully saturated rings. The van der Waals surface area contributed by atoms with Gasteiger partial charge in [-0.1, -0.05) is 6.07 Å². The van der Waals surface area contributed by atoms with Gasteiger partial charge in [0.15, 0.2) is 0 Å². The Hall–Kier alpha value is -2.69. The Bertz CT molecular complexity index is 447. The Balaban J connectivity index is 0.000000487. The molecule has 1 aromatic rings. The molecular weight excluding hydrogens is 218 g/mol. The van der Waals surface area contributed by atoms with E-state index < -0.39 is 10.0 Å². The van der Waals surface area contributed by atoms with E-state index in [1.807, 2.05) is 6.07 Å². The van der Waals surface area contributed by atoms with E-state index in [9.17, 15) is 10.1 Å². The third-order valence-electron chi connectivity index (χ3n) is 1.53. The SMILES string of the molecule is Cc1ccc(C#N)cc1[N+](=O)[O-].O=[N+]([O-])O. The molecule has 0 aliphatic heterocycles. The Morgan fingerprint density at radius 3 is 2.25 bits per heavy atom. The summed E-state index contributed by atoms with van der Waals surface area (Å²) in [5.74, 6) is 0. The van der Waals surface area contributed by atoms with Gasteiger partial charge in [-0.3, -0.25) is 10.1 Å². The molecule has 0 amide bonds. The molecule has 1 N–H and O–H groups in total. The van der Waals surface area contributed by atoms with Crippen molar-refractivity contribution in [3.8, 4) is 6.07 Å². The van der Waals surface area contributed by atoms with Crippen LogP contribution in [-0.4, -0.2) is 15.2 Å². The summed E-state index contributed by atoms with van der Waals surface area (Å²) >= 11 is 0. The molecule has 0 aromatic heterocycles. The number of aryl methyl sites for hydroxylation is 1. The summed E-state index contributed by atoms with van der Waals surface area (Å²) in [6, 6.07) is 6.24. The molecule has 0 bridgehead atoms. The summed E-state index contributed by atoms with van der Waals surface area (Å²) in [6.07, 6.45) is 0. The van der Waals surface area contributed by atoms with E-state index in [0.29, 0.717) is 11.1 Å². The fraction of sp³-hybridized carbons (Fsp3) is 0.125. The Morgan fingerprint density at radius 1 is 1.38 bits per heavy atom. The maximum atomic E-state index is 10.4. The van der Waals surface area contributed by atoms with Crippen LogP contribution in [0.25, 0.3) is 0 Å². The lowest BCUT2D eigenvalue weighted by Gasteiger charge is -1.95. The van der Waals surface area contributed by atoms with Crippen molar-refractivity contribution in [1.29, 1.82) is 5.26 Å². The molecule has 1 rings (SSSR count). The minimum absolute atomic E-state index is 0.00551. The van der Waals surface area contributed by atoms with Crippen molar-refractivity contribution < 1.29 is 15.2 Å². The Labute approximate surface area is 89.6 Å². The molecular formula is C8H7N3O5. The number of benzene rings is 1. The van der Waals surface area contributed by atoms with Crippen LogP contribution in [0.5, 0.6) is 0 Å². The number of hydrogen-bond acceptors (Lipinski definition) is 5. The summed E-state index contributed by atoms with van der Waals surface area (Å²) in [4.78, 5) is 18.3. The van der Waals surface area contributed by atoms with Gasteiger partial charge in [0.25, 0.3) is 10.8 Å². The van der Waals surface area contributed by atoms with Gasteiger partial charge >= 0.3 is 0 Å². The van der Waals surface area contributed by atoms with Crippen molar-refractivity contribution in [3.05, 3.63) is 49.6 Å². The lowest BCUT2D eigenvalue weighted by Crippen LogP contribution is -1.91. The average molecular weight is 225 g/mol. The number of nitro benzene ring substituents is 1. The van der Waals surface area contributed by atoms with Gasteiger partial charge in [0.1, 0.15) is 0 Å². The second-order valence-corrected chi connectivity index (χ2v) is 2.61. The second kappa shape index (κ2) is 5.92.